The van der Waals surface area contributed by atoms with Crippen LogP contribution < -0.4 is 0 Å². The summed E-state index contributed by atoms with van der Waals surface area (Å²) in [5.41, 5.74) is 3.24. The molecule has 0 saturated heterocycles. The molecule has 0 saturated carbocycles. The van der Waals surface area contributed by atoms with Crippen molar-refractivity contribution in [1.82, 2.24) is 4.98 Å². The van der Waals surface area contributed by atoms with Crippen molar-refractivity contribution in [2.45, 2.75) is 27.7 Å². The van der Waals surface area contributed by atoms with Crippen molar-refractivity contribution < 1.29 is 4.42 Å². The molecule has 0 amide bonds. The smallest absolute Gasteiger partial charge is 0.227 e. The van der Waals surface area contributed by atoms with Crippen molar-refractivity contribution in [3.63, 3.8) is 0 Å². The van der Waals surface area contributed by atoms with E-state index in [2.05, 4.69) is 32.7 Å². The number of para-hydroxylation sites is 2. The summed E-state index contributed by atoms with van der Waals surface area (Å²) in [6.45, 7) is 8.75. The quantitative estimate of drug-likeness (QED) is 0.578. The first-order valence-electron chi connectivity index (χ1n) is 6.84. The van der Waals surface area contributed by atoms with E-state index in [9.17, 15) is 0 Å². The minimum atomic E-state index is 0.500. The third-order valence-corrected chi connectivity index (χ3v) is 2.31. The molecule has 1 aromatic heterocycles. The summed E-state index contributed by atoms with van der Waals surface area (Å²) in [6.07, 6.45) is 0. The lowest BCUT2D eigenvalue weighted by Crippen LogP contribution is -1.93. The second kappa shape index (κ2) is 5.91. The van der Waals surface area contributed by atoms with Crippen molar-refractivity contribution in [2.24, 2.45) is 5.41 Å². The predicted molar refractivity (Wildman–Crippen MR) is 84.6 cm³/mol. The molecule has 2 nitrogen and oxygen atoms in total. The first kappa shape index (κ1) is 14.3. The van der Waals surface area contributed by atoms with Crippen LogP contribution in [0.15, 0.2) is 59.0 Å². The number of hydrogen-bond acceptors (Lipinski definition) is 2. The van der Waals surface area contributed by atoms with Gasteiger partial charge in [0.2, 0.25) is 5.89 Å². The van der Waals surface area contributed by atoms with Crippen molar-refractivity contribution >= 4 is 11.1 Å². The Balaban J connectivity index is 0.000000257. The maximum absolute atomic E-state index is 5.64. The molecule has 1 heterocycles. The van der Waals surface area contributed by atoms with Crippen LogP contribution in [0.5, 0.6) is 0 Å². The molecule has 0 aliphatic rings. The average Bonchev–Trinajstić information content (AvgIpc) is 2.81. The number of nitrogens with zero attached hydrogens (tertiary/aromatic N) is 1. The first-order chi connectivity index (χ1) is 9.43. The number of benzene rings is 2. The van der Waals surface area contributed by atoms with Gasteiger partial charge in [0, 0.05) is 5.56 Å². The Morgan fingerprint density at radius 2 is 1.35 bits per heavy atom. The molecule has 0 aliphatic carbocycles. The van der Waals surface area contributed by atoms with Gasteiger partial charge in [-0.25, -0.2) is 4.98 Å². The summed E-state index contributed by atoms with van der Waals surface area (Å²) in [5.74, 6) is 0.678. The predicted octanol–water partition coefficient (Wildman–Crippen LogP) is 5.55. The van der Waals surface area contributed by atoms with E-state index in [-0.39, 0.29) is 0 Å². The molecule has 0 radical (unpaired) electrons. The Morgan fingerprint density at radius 3 is 1.95 bits per heavy atom. The molecule has 0 bridgehead atoms. The molecule has 3 aromatic rings. The maximum Gasteiger partial charge on any atom is 0.227 e. The Kier molecular flexibility index (Phi) is 4.23. The Bertz CT molecular complexity index is 623. The largest absolute Gasteiger partial charge is 0.436 e. The SMILES string of the molecule is CC(C)(C)C.c1ccc(-c2nc3ccccc3o2)cc1. The number of fused-ring (bicyclic) bond motifs is 1. The van der Waals surface area contributed by atoms with Crippen LogP contribution in [-0.2, 0) is 0 Å². The molecule has 0 unspecified atom stereocenters. The van der Waals surface area contributed by atoms with Gasteiger partial charge in [0.1, 0.15) is 5.52 Å². The Morgan fingerprint density at radius 1 is 0.800 bits per heavy atom. The highest BCUT2D eigenvalue weighted by Crippen LogP contribution is 2.23. The minimum absolute atomic E-state index is 0.500. The monoisotopic (exact) mass is 267 g/mol. The molecule has 0 fully saturated rings. The topological polar surface area (TPSA) is 26.0 Å². The summed E-state index contributed by atoms with van der Waals surface area (Å²) in [4.78, 5) is 4.42. The van der Waals surface area contributed by atoms with E-state index in [0.29, 0.717) is 11.3 Å². The van der Waals surface area contributed by atoms with E-state index in [1.54, 1.807) is 0 Å². The van der Waals surface area contributed by atoms with E-state index in [1.165, 1.54) is 0 Å². The minimum Gasteiger partial charge on any atom is -0.436 e. The first-order valence-corrected chi connectivity index (χ1v) is 6.84. The molecular formula is C18H21NO. The van der Waals surface area contributed by atoms with Gasteiger partial charge in [0.25, 0.3) is 0 Å². The molecule has 104 valence electrons. The van der Waals surface area contributed by atoms with Gasteiger partial charge in [-0.2, -0.15) is 0 Å². The van der Waals surface area contributed by atoms with E-state index >= 15 is 0 Å². The Hall–Kier alpha value is -2.09. The second-order valence-corrected chi connectivity index (χ2v) is 6.35. The van der Waals surface area contributed by atoms with E-state index in [0.717, 1.165) is 16.7 Å². The summed E-state index contributed by atoms with van der Waals surface area (Å²) in [5, 5.41) is 0. The van der Waals surface area contributed by atoms with E-state index in [1.807, 2.05) is 54.6 Å². The fourth-order valence-electron chi connectivity index (χ4n) is 1.58. The van der Waals surface area contributed by atoms with E-state index < -0.39 is 0 Å². The van der Waals surface area contributed by atoms with Crippen LogP contribution in [0.25, 0.3) is 22.6 Å². The summed E-state index contributed by atoms with van der Waals surface area (Å²) in [7, 11) is 0. The van der Waals surface area contributed by atoms with Gasteiger partial charge >= 0.3 is 0 Å². The zero-order valence-corrected chi connectivity index (χ0v) is 12.6. The molecule has 3 rings (SSSR count). The highest BCUT2D eigenvalue weighted by molar-refractivity contribution is 5.75. The highest BCUT2D eigenvalue weighted by Gasteiger charge is 2.05. The van der Waals surface area contributed by atoms with Gasteiger partial charge in [0.15, 0.2) is 5.58 Å². The standard InChI is InChI=1S/C13H9NO.C5H12/c1-2-6-10(7-3-1)13-14-11-8-4-5-9-12(11)15-13;1-5(2,3)4/h1-9H;1-4H3. The number of rotatable bonds is 1. The van der Waals surface area contributed by atoms with Crippen LogP contribution in [-0.4, -0.2) is 4.98 Å². The second-order valence-electron chi connectivity index (χ2n) is 6.35. The lowest BCUT2D eigenvalue weighted by molar-refractivity contribution is 0.469. The molecular weight excluding hydrogens is 246 g/mol. The van der Waals surface area contributed by atoms with E-state index in [4.69, 9.17) is 4.42 Å². The molecule has 2 heteroatoms. The van der Waals surface area contributed by atoms with Crippen LogP contribution in [0.4, 0.5) is 0 Å². The fourth-order valence-corrected chi connectivity index (χ4v) is 1.58. The highest BCUT2D eigenvalue weighted by atomic mass is 16.3. The summed E-state index contributed by atoms with van der Waals surface area (Å²) >= 11 is 0. The number of oxazole rings is 1. The van der Waals surface area contributed by atoms with Crippen molar-refractivity contribution in [3.05, 3.63) is 54.6 Å². The zero-order chi connectivity index (χ0) is 14.6. The van der Waals surface area contributed by atoms with Crippen LogP contribution in [0.2, 0.25) is 0 Å². The molecule has 0 aliphatic heterocycles. The maximum atomic E-state index is 5.64. The van der Waals surface area contributed by atoms with Gasteiger partial charge in [-0.3, -0.25) is 0 Å². The van der Waals surface area contributed by atoms with Crippen molar-refractivity contribution in [2.75, 3.05) is 0 Å². The van der Waals surface area contributed by atoms with Gasteiger partial charge in [-0.05, 0) is 29.7 Å². The molecule has 0 N–H and O–H groups in total. The average molecular weight is 267 g/mol. The third-order valence-electron chi connectivity index (χ3n) is 2.31. The van der Waals surface area contributed by atoms with Gasteiger partial charge in [-0.1, -0.05) is 58.0 Å². The molecule has 2 aromatic carbocycles. The van der Waals surface area contributed by atoms with Gasteiger partial charge in [-0.15, -0.1) is 0 Å². The normalized spacial score (nSPS) is 11.0. The van der Waals surface area contributed by atoms with Gasteiger partial charge < -0.3 is 4.42 Å². The van der Waals surface area contributed by atoms with Gasteiger partial charge in [0.05, 0.1) is 0 Å². The summed E-state index contributed by atoms with van der Waals surface area (Å²) in [6, 6.07) is 17.7. The third kappa shape index (κ3) is 4.23. The van der Waals surface area contributed by atoms with Crippen molar-refractivity contribution in [1.29, 1.82) is 0 Å². The van der Waals surface area contributed by atoms with Crippen LogP contribution >= 0.6 is 0 Å². The van der Waals surface area contributed by atoms with Crippen LogP contribution in [0.3, 0.4) is 0 Å². The number of aromatic nitrogens is 1. The lowest BCUT2D eigenvalue weighted by atomic mass is 10.0. The fraction of sp³-hybridized carbons (Fsp3) is 0.278. The zero-order valence-electron chi connectivity index (χ0n) is 12.6. The summed E-state index contributed by atoms with van der Waals surface area (Å²) < 4.78 is 5.64. The molecule has 0 atom stereocenters. The Labute approximate surface area is 120 Å². The van der Waals surface area contributed by atoms with Crippen molar-refractivity contribution in [3.8, 4) is 11.5 Å². The van der Waals surface area contributed by atoms with Crippen LogP contribution in [0.1, 0.15) is 27.7 Å². The number of hydrogen-bond donors (Lipinski definition) is 0. The van der Waals surface area contributed by atoms with Crippen LogP contribution in [0, 0.1) is 5.41 Å². The molecule has 0 spiro atoms. The molecule has 20 heavy (non-hydrogen) atoms. The lowest BCUT2D eigenvalue weighted by Gasteiger charge is -2.05.